The maximum atomic E-state index is 12.1. The highest BCUT2D eigenvalue weighted by molar-refractivity contribution is 7.10. The SMILES string of the molecule is O=c1nc(/N=C(\[O-])c2ccc(Cl)cc2)sn1Cc1ccc(Cl)cc1. The Kier molecular flexibility index (Phi) is 4.99. The molecule has 24 heavy (non-hydrogen) atoms. The maximum absolute atomic E-state index is 12.1. The second-order valence-corrected chi connectivity index (χ2v) is 6.72. The van der Waals surface area contributed by atoms with E-state index in [1.807, 2.05) is 12.1 Å². The van der Waals surface area contributed by atoms with Crippen molar-refractivity contribution in [3.05, 3.63) is 80.2 Å². The lowest BCUT2D eigenvalue weighted by Crippen LogP contribution is -2.18. The van der Waals surface area contributed by atoms with E-state index in [4.69, 9.17) is 23.2 Å². The summed E-state index contributed by atoms with van der Waals surface area (Å²) in [6.45, 7) is 0.346. The molecule has 0 unspecified atom stereocenters. The van der Waals surface area contributed by atoms with Crippen molar-refractivity contribution in [3.8, 4) is 0 Å². The third-order valence-corrected chi connectivity index (χ3v) is 4.48. The van der Waals surface area contributed by atoms with Gasteiger partial charge in [0.05, 0.1) is 6.54 Å². The molecule has 0 aliphatic heterocycles. The molecule has 1 aromatic heterocycles. The standard InChI is InChI=1S/C16H11Cl2N3O2S/c17-12-5-1-10(2-6-12)9-21-16(23)20-15(24-21)19-14(22)11-3-7-13(18)8-4-11/h1-8H,9H2,(H,19,20,22,23)/p-1. The summed E-state index contributed by atoms with van der Waals surface area (Å²) in [6, 6.07) is 13.5. The predicted molar refractivity (Wildman–Crippen MR) is 94.6 cm³/mol. The lowest BCUT2D eigenvalue weighted by molar-refractivity contribution is -0.212. The van der Waals surface area contributed by atoms with Crippen LogP contribution in [0.2, 0.25) is 10.0 Å². The van der Waals surface area contributed by atoms with Gasteiger partial charge in [0.1, 0.15) is 0 Å². The Morgan fingerprint density at radius 1 is 1.08 bits per heavy atom. The van der Waals surface area contributed by atoms with Crippen LogP contribution in [0.15, 0.2) is 58.3 Å². The Hall–Kier alpha value is -2.15. The van der Waals surface area contributed by atoms with Gasteiger partial charge in [-0.2, -0.15) is 4.98 Å². The third kappa shape index (κ3) is 4.03. The third-order valence-electron chi connectivity index (χ3n) is 3.12. The fourth-order valence-corrected chi connectivity index (χ4v) is 2.96. The fraction of sp³-hybridized carbons (Fsp3) is 0.0625. The van der Waals surface area contributed by atoms with Gasteiger partial charge in [-0.25, -0.2) is 13.7 Å². The van der Waals surface area contributed by atoms with Crippen molar-refractivity contribution in [1.82, 2.24) is 8.94 Å². The van der Waals surface area contributed by atoms with E-state index in [9.17, 15) is 9.90 Å². The van der Waals surface area contributed by atoms with Crippen molar-refractivity contribution in [3.63, 3.8) is 0 Å². The van der Waals surface area contributed by atoms with Gasteiger partial charge in [-0.05, 0) is 52.8 Å². The van der Waals surface area contributed by atoms with E-state index in [1.54, 1.807) is 36.4 Å². The molecule has 0 bridgehead atoms. The van der Waals surface area contributed by atoms with Crippen molar-refractivity contribution in [1.29, 1.82) is 0 Å². The molecule has 0 spiro atoms. The van der Waals surface area contributed by atoms with Gasteiger partial charge in [0.15, 0.2) is 0 Å². The molecule has 0 aliphatic carbocycles. The normalized spacial score (nSPS) is 11.7. The summed E-state index contributed by atoms with van der Waals surface area (Å²) in [6.07, 6.45) is 0. The Bertz CT molecular complexity index is 931. The number of aromatic nitrogens is 2. The van der Waals surface area contributed by atoms with Crippen molar-refractivity contribution >= 4 is 45.8 Å². The average molecular weight is 379 g/mol. The summed E-state index contributed by atoms with van der Waals surface area (Å²) >= 11 is 12.6. The van der Waals surface area contributed by atoms with Crippen molar-refractivity contribution < 1.29 is 5.11 Å². The van der Waals surface area contributed by atoms with Crippen LogP contribution in [0.1, 0.15) is 11.1 Å². The van der Waals surface area contributed by atoms with E-state index >= 15 is 0 Å². The monoisotopic (exact) mass is 378 g/mol. The van der Waals surface area contributed by atoms with E-state index < -0.39 is 11.6 Å². The first-order valence-corrected chi connectivity index (χ1v) is 8.38. The summed E-state index contributed by atoms with van der Waals surface area (Å²) < 4.78 is 1.43. The Morgan fingerprint density at radius 3 is 2.29 bits per heavy atom. The highest BCUT2D eigenvalue weighted by Gasteiger charge is 2.06. The Labute approximate surface area is 151 Å². The molecule has 0 atom stereocenters. The van der Waals surface area contributed by atoms with Crippen LogP contribution in [0.3, 0.4) is 0 Å². The zero-order valence-corrected chi connectivity index (χ0v) is 14.5. The number of hydrogen-bond acceptors (Lipinski definition) is 5. The number of rotatable bonds is 4. The molecule has 0 aliphatic rings. The van der Waals surface area contributed by atoms with Crippen LogP contribution in [0, 0.1) is 0 Å². The number of nitrogens with zero attached hydrogens (tertiary/aromatic N) is 3. The van der Waals surface area contributed by atoms with Gasteiger partial charge in [-0.3, -0.25) is 0 Å². The van der Waals surface area contributed by atoms with E-state index in [0.29, 0.717) is 22.2 Å². The number of benzene rings is 2. The van der Waals surface area contributed by atoms with Gasteiger partial charge in [0.2, 0.25) is 5.13 Å². The predicted octanol–water partition coefficient (Wildman–Crippen LogP) is 3.10. The molecule has 0 amide bonds. The molecule has 3 rings (SSSR count). The molecule has 8 heteroatoms. The van der Waals surface area contributed by atoms with Gasteiger partial charge in [0, 0.05) is 10.0 Å². The molecule has 122 valence electrons. The summed E-state index contributed by atoms with van der Waals surface area (Å²) in [4.78, 5) is 19.6. The van der Waals surface area contributed by atoms with Crippen molar-refractivity contribution in [2.45, 2.75) is 6.54 Å². The van der Waals surface area contributed by atoms with E-state index in [2.05, 4.69) is 9.98 Å². The smallest absolute Gasteiger partial charge is 0.360 e. The Balaban J connectivity index is 1.83. The van der Waals surface area contributed by atoms with E-state index in [1.165, 1.54) is 3.96 Å². The maximum Gasteiger partial charge on any atom is 0.360 e. The molecule has 5 nitrogen and oxygen atoms in total. The van der Waals surface area contributed by atoms with Gasteiger partial charge in [0.25, 0.3) is 0 Å². The lowest BCUT2D eigenvalue weighted by Gasteiger charge is -2.09. The zero-order chi connectivity index (χ0) is 17.1. The molecule has 2 aromatic carbocycles. The minimum absolute atomic E-state index is 0.119. The van der Waals surface area contributed by atoms with Crippen LogP contribution >= 0.6 is 34.7 Å². The minimum Gasteiger partial charge on any atom is -0.858 e. The van der Waals surface area contributed by atoms with Crippen LogP contribution in [0.4, 0.5) is 5.13 Å². The lowest BCUT2D eigenvalue weighted by atomic mass is 10.2. The molecule has 3 aromatic rings. The second kappa shape index (κ2) is 7.17. The number of aliphatic imine (C=N–C) groups is 1. The average Bonchev–Trinajstić information content (AvgIpc) is 2.89. The van der Waals surface area contributed by atoms with Gasteiger partial charge in [-0.1, -0.05) is 47.5 Å². The van der Waals surface area contributed by atoms with Gasteiger partial charge < -0.3 is 5.11 Å². The summed E-state index contributed by atoms with van der Waals surface area (Å²) in [5.74, 6) is -0.473. The molecule has 0 N–H and O–H groups in total. The summed E-state index contributed by atoms with van der Waals surface area (Å²) in [5, 5.41) is 13.3. The molecule has 0 radical (unpaired) electrons. The summed E-state index contributed by atoms with van der Waals surface area (Å²) in [5.41, 5.74) is 0.838. The van der Waals surface area contributed by atoms with Crippen molar-refractivity contribution in [2.24, 2.45) is 4.99 Å². The van der Waals surface area contributed by atoms with Crippen molar-refractivity contribution in [2.75, 3.05) is 0 Å². The first-order valence-electron chi connectivity index (χ1n) is 6.85. The van der Waals surface area contributed by atoms with E-state index in [-0.39, 0.29) is 5.13 Å². The topological polar surface area (TPSA) is 70.3 Å². The molecule has 0 fully saturated rings. The molecule has 0 saturated heterocycles. The summed E-state index contributed by atoms with van der Waals surface area (Å²) in [7, 11) is 0. The van der Waals surface area contributed by atoms with Crippen LogP contribution < -0.4 is 10.8 Å². The zero-order valence-electron chi connectivity index (χ0n) is 12.1. The molecule has 0 saturated carbocycles. The first kappa shape index (κ1) is 16.7. The fourth-order valence-electron chi connectivity index (χ4n) is 1.94. The van der Waals surface area contributed by atoms with Crippen LogP contribution in [0.5, 0.6) is 0 Å². The van der Waals surface area contributed by atoms with E-state index in [0.717, 1.165) is 17.1 Å². The van der Waals surface area contributed by atoms with Gasteiger partial charge in [-0.15, -0.1) is 0 Å². The Morgan fingerprint density at radius 2 is 1.67 bits per heavy atom. The molecular weight excluding hydrogens is 369 g/mol. The molecule has 1 heterocycles. The largest absolute Gasteiger partial charge is 0.858 e. The van der Waals surface area contributed by atoms with Gasteiger partial charge >= 0.3 is 5.69 Å². The van der Waals surface area contributed by atoms with Crippen LogP contribution in [0.25, 0.3) is 0 Å². The van der Waals surface area contributed by atoms with Crippen LogP contribution in [-0.4, -0.2) is 14.8 Å². The second-order valence-electron chi connectivity index (χ2n) is 4.86. The molecular formula is C16H10Cl2N3O2S-. The minimum atomic E-state index is -0.473. The highest BCUT2D eigenvalue weighted by atomic mass is 35.5. The number of halogens is 2. The number of hydrogen-bond donors (Lipinski definition) is 0. The highest BCUT2D eigenvalue weighted by Crippen LogP contribution is 2.17. The first-order chi connectivity index (χ1) is 11.5. The van der Waals surface area contributed by atoms with Crippen LogP contribution in [-0.2, 0) is 6.54 Å². The quantitative estimate of drug-likeness (QED) is 0.517.